The molecule has 0 aliphatic heterocycles. The van der Waals surface area contributed by atoms with Crippen LogP contribution in [0.2, 0.25) is 5.02 Å². The van der Waals surface area contributed by atoms with E-state index in [1.54, 1.807) is 0 Å². The molecule has 4 heteroatoms. The zero-order valence-corrected chi connectivity index (χ0v) is 8.85. The molecule has 1 fully saturated rings. The second kappa shape index (κ2) is 4.29. The molecule has 1 aromatic rings. The highest BCUT2D eigenvalue weighted by Gasteiger charge is 2.22. The summed E-state index contributed by atoms with van der Waals surface area (Å²) in [5.41, 5.74) is 0.0654. The van der Waals surface area contributed by atoms with Gasteiger partial charge in [-0.25, -0.2) is 4.39 Å². The molecule has 1 aromatic carbocycles. The molecule has 0 aromatic heterocycles. The van der Waals surface area contributed by atoms with Gasteiger partial charge in [0.1, 0.15) is 5.82 Å². The lowest BCUT2D eigenvalue weighted by Crippen LogP contribution is -2.25. The minimum absolute atomic E-state index is 0.0654. The molecule has 1 N–H and O–H groups in total. The Labute approximate surface area is 92.4 Å². The van der Waals surface area contributed by atoms with Crippen molar-refractivity contribution in [3.63, 3.8) is 0 Å². The third kappa shape index (κ3) is 2.76. The van der Waals surface area contributed by atoms with Crippen molar-refractivity contribution < 1.29 is 9.18 Å². The first-order chi connectivity index (χ1) is 7.16. The standard InChI is InChI=1S/C11H11ClFNO/c12-7-1-4-10(13)9(5-7)11(15)6-14-8-2-3-8/h1,4-5,8,14H,2-3,6H2. The Morgan fingerprint density at radius 3 is 2.93 bits per heavy atom. The number of hydrogen-bond acceptors (Lipinski definition) is 2. The molecule has 0 unspecified atom stereocenters. The summed E-state index contributed by atoms with van der Waals surface area (Å²) in [5, 5.41) is 3.42. The number of carbonyl (C=O) groups excluding carboxylic acids is 1. The maximum Gasteiger partial charge on any atom is 0.179 e. The molecule has 0 radical (unpaired) electrons. The van der Waals surface area contributed by atoms with Crippen LogP contribution in [0.25, 0.3) is 0 Å². The van der Waals surface area contributed by atoms with Gasteiger partial charge < -0.3 is 5.32 Å². The van der Waals surface area contributed by atoms with Gasteiger partial charge in [0, 0.05) is 11.1 Å². The van der Waals surface area contributed by atoms with Gasteiger partial charge in [-0.1, -0.05) is 11.6 Å². The number of ketones is 1. The molecule has 2 nitrogen and oxygen atoms in total. The first-order valence-electron chi connectivity index (χ1n) is 4.88. The van der Waals surface area contributed by atoms with Crippen molar-refractivity contribution in [1.29, 1.82) is 0 Å². The van der Waals surface area contributed by atoms with Crippen LogP contribution >= 0.6 is 11.6 Å². The van der Waals surface area contributed by atoms with Crippen molar-refractivity contribution in [2.45, 2.75) is 18.9 Å². The van der Waals surface area contributed by atoms with Crippen LogP contribution in [0.4, 0.5) is 4.39 Å². The van der Waals surface area contributed by atoms with Crippen molar-refractivity contribution in [1.82, 2.24) is 5.32 Å². The van der Waals surface area contributed by atoms with E-state index >= 15 is 0 Å². The van der Waals surface area contributed by atoms with Gasteiger partial charge in [-0.2, -0.15) is 0 Å². The molecule has 0 bridgehead atoms. The van der Waals surface area contributed by atoms with E-state index in [1.165, 1.54) is 18.2 Å². The molecule has 1 saturated carbocycles. The first-order valence-corrected chi connectivity index (χ1v) is 5.26. The van der Waals surface area contributed by atoms with E-state index < -0.39 is 5.82 Å². The van der Waals surface area contributed by atoms with Gasteiger partial charge in [-0.05, 0) is 31.0 Å². The van der Waals surface area contributed by atoms with Crippen LogP contribution in [-0.2, 0) is 0 Å². The maximum atomic E-state index is 13.3. The number of halogens is 2. The Morgan fingerprint density at radius 1 is 1.53 bits per heavy atom. The van der Waals surface area contributed by atoms with Gasteiger partial charge >= 0.3 is 0 Å². The third-order valence-corrected chi connectivity index (χ3v) is 2.59. The second-order valence-electron chi connectivity index (χ2n) is 3.70. The summed E-state index contributed by atoms with van der Waals surface area (Å²) in [6.45, 7) is 0.182. The number of hydrogen-bond donors (Lipinski definition) is 1. The summed E-state index contributed by atoms with van der Waals surface area (Å²) >= 11 is 5.70. The number of carbonyl (C=O) groups is 1. The van der Waals surface area contributed by atoms with Gasteiger partial charge in [-0.15, -0.1) is 0 Å². The highest BCUT2D eigenvalue weighted by molar-refractivity contribution is 6.31. The van der Waals surface area contributed by atoms with E-state index in [9.17, 15) is 9.18 Å². The van der Waals surface area contributed by atoms with Crippen LogP contribution in [0.15, 0.2) is 18.2 Å². The topological polar surface area (TPSA) is 29.1 Å². The monoisotopic (exact) mass is 227 g/mol. The molecule has 0 amide bonds. The van der Waals surface area contributed by atoms with Crippen LogP contribution in [0.5, 0.6) is 0 Å². The Hall–Kier alpha value is -0.930. The van der Waals surface area contributed by atoms with Crippen molar-refractivity contribution in [3.8, 4) is 0 Å². The first kappa shape index (κ1) is 10.6. The highest BCUT2D eigenvalue weighted by Crippen LogP contribution is 2.19. The molecule has 0 atom stereocenters. The van der Waals surface area contributed by atoms with Crippen LogP contribution in [0.1, 0.15) is 23.2 Å². The fourth-order valence-corrected chi connectivity index (χ4v) is 1.50. The lowest BCUT2D eigenvalue weighted by molar-refractivity contribution is 0.0986. The zero-order valence-electron chi connectivity index (χ0n) is 8.09. The van der Waals surface area contributed by atoms with Crippen molar-refractivity contribution in [3.05, 3.63) is 34.6 Å². The van der Waals surface area contributed by atoms with Gasteiger partial charge in [0.05, 0.1) is 12.1 Å². The molecule has 0 heterocycles. The minimum atomic E-state index is -0.512. The second-order valence-corrected chi connectivity index (χ2v) is 4.14. The normalized spacial score (nSPS) is 15.3. The predicted octanol–water partition coefficient (Wildman–Crippen LogP) is 2.41. The van der Waals surface area contributed by atoms with Crippen LogP contribution in [0, 0.1) is 5.82 Å². The SMILES string of the molecule is O=C(CNC1CC1)c1cc(Cl)ccc1F. The summed E-state index contributed by atoms with van der Waals surface area (Å²) in [5.74, 6) is -0.760. The smallest absolute Gasteiger partial charge is 0.179 e. The predicted molar refractivity (Wildman–Crippen MR) is 56.8 cm³/mol. The maximum absolute atomic E-state index is 13.3. The van der Waals surface area contributed by atoms with Gasteiger partial charge in [0.2, 0.25) is 0 Å². The Balaban J connectivity index is 2.05. The molecule has 0 spiro atoms. The lowest BCUT2D eigenvalue weighted by Gasteiger charge is -2.04. The molecule has 80 valence electrons. The molecule has 0 saturated heterocycles. The molecule has 1 aliphatic carbocycles. The molecule has 2 rings (SSSR count). The van der Waals surface area contributed by atoms with E-state index in [0.717, 1.165) is 12.8 Å². The van der Waals surface area contributed by atoms with E-state index in [2.05, 4.69) is 5.32 Å². The fourth-order valence-electron chi connectivity index (χ4n) is 1.33. The van der Waals surface area contributed by atoms with Crippen molar-refractivity contribution in [2.24, 2.45) is 0 Å². The van der Waals surface area contributed by atoms with E-state index in [0.29, 0.717) is 11.1 Å². The van der Waals surface area contributed by atoms with E-state index in [1.807, 2.05) is 0 Å². The van der Waals surface area contributed by atoms with Crippen LogP contribution < -0.4 is 5.32 Å². The van der Waals surface area contributed by atoms with Crippen molar-refractivity contribution >= 4 is 17.4 Å². The molecular formula is C11H11ClFNO. The van der Waals surface area contributed by atoms with Gasteiger partial charge in [-0.3, -0.25) is 4.79 Å². The third-order valence-electron chi connectivity index (χ3n) is 2.36. The van der Waals surface area contributed by atoms with E-state index in [4.69, 9.17) is 11.6 Å². The minimum Gasteiger partial charge on any atom is -0.307 e. The summed E-state index contributed by atoms with van der Waals surface area (Å²) < 4.78 is 13.3. The number of Topliss-reactive ketones (excluding diaryl/α,β-unsaturated/α-hetero) is 1. The van der Waals surface area contributed by atoms with E-state index in [-0.39, 0.29) is 17.9 Å². The summed E-state index contributed by atoms with van der Waals surface area (Å²) in [4.78, 5) is 11.6. The Bertz CT molecular complexity index is 390. The summed E-state index contributed by atoms with van der Waals surface area (Å²) in [7, 11) is 0. The van der Waals surface area contributed by atoms with Crippen LogP contribution in [-0.4, -0.2) is 18.4 Å². The summed E-state index contributed by atoms with van der Waals surface area (Å²) in [6.07, 6.45) is 2.20. The Kier molecular flexibility index (Phi) is 3.03. The largest absolute Gasteiger partial charge is 0.307 e. The number of nitrogens with one attached hydrogen (secondary N) is 1. The molecular weight excluding hydrogens is 217 g/mol. The number of benzene rings is 1. The average Bonchev–Trinajstić information content (AvgIpc) is 3.02. The average molecular weight is 228 g/mol. The summed E-state index contributed by atoms with van der Waals surface area (Å²) in [6, 6.07) is 4.46. The Morgan fingerprint density at radius 2 is 2.27 bits per heavy atom. The highest BCUT2D eigenvalue weighted by atomic mass is 35.5. The lowest BCUT2D eigenvalue weighted by atomic mass is 10.1. The van der Waals surface area contributed by atoms with Crippen LogP contribution in [0.3, 0.4) is 0 Å². The number of rotatable bonds is 4. The van der Waals surface area contributed by atoms with Gasteiger partial charge in [0.15, 0.2) is 5.78 Å². The van der Waals surface area contributed by atoms with Crippen molar-refractivity contribution in [2.75, 3.05) is 6.54 Å². The zero-order chi connectivity index (χ0) is 10.8. The molecule has 1 aliphatic rings. The molecule has 15 heavy (non-hydrogen) atoms. The fraction of sp³-hybridized carbons (Fsp3) is 0.364. The quantitative estimate of drug-likeness (QED) is 0.801. The van der Waals surface area contributed by atoms with Gasteiger partial charge in [0.25, 0.3) is 0 Å².